The Morgan fingerprint density at radius 1 is 1.29 bits per heavy atom. The monoisotopic (exact) mass is 492 g/mol. The van der Waals surface area contributed by atoms with Crippen LogP contribution in [-0.4, -0.2) is 34.4 Å². The van der Waals surface area contributed by atoms with Crippen LogP contribution in [0.4, 0.5) is 0 Å². The lowest BCUT2D eigenvalue weighted by atomic mass is 9.59. The van der Waals surface area contributed by atoms with Crippen LogP contribution in [0.15, 0.2) is 11.6 Å². The highest BCUT2D eigenvalue weighted by Crippen LogP contribution is 2.48. The number of esters is 1. The molecule has 188 valence electrons. The molecule has 2 rings (SSSR count). The molecule has 0 aliphatic heterocycles. The van der Waals surface area contributed by atoms with Crippen LogP contribution in [0.1, 0.15) is 88.2 Å². The molecular weight excluding hydrogens is 456 g/mol. The number of ether oxygens (including phenoxy) is 1. The molecule has 1 aliphatic rings. The number of hydrogen-bond acceptors (Lipinski definition) is 6. The Bertz CT molecular complexity index is 982. The summed E-state index contributed by atoms with van der Waals surface area (Å²) in [6, 6.07) is 0. The van der Waals surface area contributed by atoms with E-state index in [0.29, 0.717) is 37.5 Å². The first-order valence-electron chi connectivity index (χ1n) is 12.0. The zero-order valence-electron chi connectivity index (χ0n) is 21.0. The van der Waals surface area contributed by atoms with Gasteiger partial charge >= 0.3 is 5.97 Å². The first kappa shape index (κ1) is 27.9. The quantitative estimate of drug-likeness (QED) is 0.245. The largest absolute Gasteiger partial charge is 0.507 e. The third kappa shape index (κ3) is 5.65. The molecule has 1 unspecified atom stereocenters. The standard InChI is InChI=1S/C27H37ClO6/c1-7-8-23(31)34-22(13-27(6)16(3)10-12-21(30)18(27)5)15(2)9-11-19-25(32)20(14-29)17(4)24(28)26(19)33/h9,14,16,18,22,32-33H,7-8,10-13H2,1-6H3/t16-,18+,22?,27+/m1/s1. The molecule has 0 heterocycles. The molecule has 4 atom stereocenters. The van der Waals surface area contributed by atoms with Gasteiger partial charge in [0.05, 0.1) is 10.6 Å². The highest BCUT2D eigenvalue weighted by atomic mass is 35.5. The Kier molecular flexibility index (Phi) is 9.35. The molecule has 1 aromatic carbocycles. The van der Waals surface area contributed by atoms with Gasteiger partial charge in [-0.1, -0.05) is 45.4 Å². The fourth-order valence-corrected chi connectivity index (χ4v) is 5.02. The van der Waals surface area contributed by atoms with E-state index >= 15 is 0 Å². The minimum atomic E-state index is -0.560. The third-order valence-electron chi connectivity index (χ3n) is 7.80. The predicted octanol–water partition coefficient (Wildman–Crippen LogP) is 6.10. The number of Topliss-reactive ketones (excluding diaryl/α,β-unsaturated/α-hetero) is 1. The second-order valence-electron chi connectivity index (χ2n) is 9.86. The van der Waals surface area contributed by atoms with Crippen LogP contribution in [0.25, 0.3) is 0 Å². The van der Waals surface area contributed by atoms with E-state index in [1.807, 2.05) is 20.8 Å². The van der Waals surface area contributed by atoms with Gasteiger partial charge in [0.15, 0.2) is 6.29 Å². The lowest BCUT2D eigenvalue weighted by molar-refractivity contribution is -0.150. The van der Waals surface area contributed by atoms with Gasteiger partial charge < -0.3 is 14.9 Å². The average molecular weight is 493 g/mol. The smallest absolute Gasteiger partial charge is 0.306 e. The lowest BCUT2D eigenvalue weighted by Gasteiger charge is -2.45. The van der Waals surface area contributed by atoms with E-state index in [9.17, 15) is 24.6 Å². The van der Waals surface area contributed by atoms with E-state index in [-0.39, 0.29) is 63.1 Å². The number of aldehydes is 1. The fourth-order valence-electron chi connectivity index (χ4n) is 4.81. The van der Waals surface area contributed by atoms with Crippen molar-refractivity contribution in [2.24, 2.45) is 17.3 Å². The topological polar surface area (TPSA) is 101 Å². The number of rotatable bonds is 9. The van der Waals surface area contributed by atoms with Crippen LogP contribution in [0.3, 0.4) is 0 Å². The van der Waals surface area contributed by atoms with Gasteiger partial charge in [-0.05, 0) is 62.0 Å². The van der Waals surface area contributed by atoms with Crippen molar-refractivity contribution in [3.63, 3.8) is 0 Å². The molecular formula is C27H37ClO6. The molecule has 2 N–H and O–H groups in total. The first-order chi connectivity index (χ1) is 15.9. The molecule has 1 aromatic rings. The molecule has 1 saturated carbocycles. The maximum absolute atomic E-state index is 12.5. The summed E-state index contributed by atoms with van der Waals surface area (Å²) in [5.41, 5.74) is 0.873. The van der Waals surface area contributed by atoms with Crippen molar-refractivity contribution in [2.75, 3.05) is 0 Å². The van der Waals surface area contributed by atoms with Gasteiger partial charge in [0.2, 0.25) is 0 Å². The second kappa shape index (κ2) is 11.4. The van der Waals surface area contributed by atoms with Crippen molar-refractivity contribution >= 4 is 29.6 Å². The van der Waals surface area contributed by atoms with Crippen LogP contribution in [0.5, 0.6) is 11.5 Å². The summed E-state index contributed by atoms with van der Waals surface area (Å²) in [5.74, 6) is -0.553. The van der Waals surface area contributed by atoms with Crippen LogP contribution >= 0.6 is 11.6 Å². The van der Waals surface area contributed by atoms with Gasteiger partial charge in [-0.3, -0.25) is 14.4 Å². The van der Waals surface area contributed by atoms with Crippen LogP contribution in [0.2, 0.25) is 5.02 Å². The summed E-state index contributed by atoms with van der Waals surface area (Å²) in [6.07, 6.45) is 4.62. The van der Waals surface area contributed by atoms with E-state index in [0.717, 1.165) is 12.0 Å². The normalized spacial score (nSPS) is 24.1. The third-order valence-corrected chi connectivity index (χ3v) is 8.26. The number of allylic oxidation sites excluding steroid dienone is 1. The van der Waals surface area contributed by atoms with E-state index in [2.05, 4.69) is 13.8 Å². The van der Waals surface area contributed by atoms with E-state index in [1.54, 1.807) is 13.0 Å². The average Bonchev–Trinajstić information content (AvgIpc) is 2.79. The zero-order valence-corrected chi connectivity index (χ0v) is 21.8. The van der Waals surface area contributed by atoms with Gasteiger partial charge in [-0.15, -0.1) is 0 Å². The maximum Gasteiger partial charge on any atom is 0.306 e. The maximum atomic E-state index is 12.5. The lowest BCUT2D eigenvalue weighted by Crippen LogP contribution is -2.44. The number of phenolic OH excluding ortho intramolecular Hbond substituents is 2. The van der Waals surface area contributed by atoms with Crippen molar-refractivity contribution in [1.82, 2.24) is 0 Å². The Morgan fingerprint density at radius 2 is 1.94 bits per heavy atom. The Hall–Kier alpha value is -2.34. The predicted molar refractivity (Wildman–Crippen MR) is 132 cm³/mol. The summed E-state index contributed by atoms with van der Waals surface area (Å²) in [4.78, 5) is 36.4. The number of ketones is 1. The minimum Gasteiger partial charge on any atom is -0.507 e. The van der Waals surface area contributed by atoms with Crippen molar-refractivity contribution in [1.29, 1.82) is 0 Å². The SMILES string of the molecule is CCCC(=O)OC(C[C@@]1(C)[C@H](C)CCC(=O)[C@@H]1C)C(C)=CCc1c(O)c(Cl)c(C)c(C=O)c1O. The first-order valence-corrected chi connectivity index (χ1v) is 12.3. The number of phenols is 2. The molecule has 0 amide bonds. The number of carbonyl (C=O) groups excluding carboxylic acids is 3. The summed E-state index contributed by atoms with van der Waals surface area (Å²) in [7, 11) is 0. The van der Waals surface area contributed by atoms with Crippen LogP contribution in [-0.2, 0) is 20.7 Å². The van der Waals surface area contributed by atoms with Crippen LogP contribution in [0, 0.1) is 24.2 Å². The highest BCUT2D eigenvalue weighted by Gasteiger charge is 2.45. The molecule has 34 heavy (non-hydrogen) atoms. The van der Waals surface area contributed by atoms with Crippen LogP contribution < -0.4 is 0 Å². The molecule has 7 heteroatoms. The number of benzene rings is 1. The summed E-state index contributed by atoms with van der Waals surface area (Å²) >= 11 is 6.17. The number of carbonyl (C=O) groups is 3. The molecule has 0 radical (unpaired) electrons. The molecule has 0 aromatic heterocycles. The molecule has 6 nitrogen and oxygen atoms in total. The Morgan fingerprint density at radius 3 is 2.53 bits per heavy atom. The van der Waals surface area contributed by atoms with Gasteiger partial charge in [0.25, 0.3) is 0 Å². The van der Waals surface area contributed by atoms with Crippen molar-refractivity contribution in [2.45, 2.75) is 86.2 Å². The van der Waals surface area contributed by atoms with Gasteiger partial charge in [-0.2, -0.15) is 0 Å². The van der Waals surface area contributed by atoms with E-state index in [4.69, 9.17) is 16.3 Å². The summed E-state index contributed by atoms with van der Waals surface area (Å²) < 4.78 is 5.86. The Labute approximate surface area is 207 Å². The number of halogens is 1. The van der Waals surface area contributed by atoms with Gasteiger partial charge in [-0.25, -0.2) is 0 Å². The summed E-state index contributed by atoms with van der Waals surface area (Å²) in [5, 5.41) is 21.0. The van der Waals surface area contributed by atoms with Crippen molar-refractivity contribution in [3.8, 4) is 11.5 Å². The molecule has 1 fully saturated rings. The van der Waals surface area contributed by atoms with Gasteiger partial charge in [0.1, 0.15) is 23.4 Å². The number of aromatic hydroxyl groups is 2. The molecule has 0 spiro atoms. The number of hydrogen-bond donors (Lipinski definition) is 2. The highest BCUT2D eigenvalue weighted by molar-refractivity contribution is 6.33. The van der Waals surface area contributed by atoms with Crippen molar-refractivity contribution in [3.05, 3.63) is 33.4 Å². The Balaban J connectivity index is 2.42. The molecule has 1 aliphatic carbocycles. The summed E-state index contributed by atoms with van der Waals surface area (Å²) in [6.45, 7) is 11.5. The van der Waals surface area contributed by atoms with Gasteiger partial charge in [0, 0.05) is 24.3 Å². The zero-order chi connectivity index (χ0) is 25.8. The second-order valence-corrected chi connectivity index (χ2v) is 10.2. The molecule has 0 saturated heterocycles. The minimum absolute atomic E-state index is 0.0164. The molecule has 0 bridgehead atoms. The van der Waals surface area contributed by atoms with Crippen molar-refractivity contribution < 1.29 is 29.3 Å². The van der Waals surface area contributed by atoms with E-state index < -0.39 is 6.10 Å². The van der Waals surface area contributed by atoms with E-state index in [1.165, 1.54) is 0 Å². The fraction of sp³-hybridized carbons (Fsp3) is 0.593.